The van der Waals surface area contributed by atoms with E-state index in [0.717, 1.165) is 31.6 Å². The maximum Gasteiger partial charge on any atom is 0.433 e. The molecule has 0 aromatic carbocycles. The normalized spacial score (nSPS) is 18.1. The summed E-state index contributed by atoms with van der Waals surface area (Å²) in [6.07, 6.45) is -0.452. The third kappa shape index (κ3) is 4.61. The second kappa shape index (κ2) is 8.17. The smallest absolute Gasteiger partial charge is 0.433 e. The van der Waals surface area contributed by atoms with Gasteiger partial charge >= 0.3 is 6.18 Å². The van der Waals surface area contributed by atoms with Crippen LogP contribution in [0.15, 0.2) is 33.8 Å². The van der Waals surface area contributed by atoms with Gasteiger partial charge in [-0.05, 0) is 25.5 Å². The maximum absolute atomic E-state index is 12.9. The Morgan fingerprint density at radius 3 is 2.89 bits per heavy atom. The Balaban J connectivity index is 1.69. The first-order valence-corrected chi connectivity index (χ1v) is 8.79. The van der Waals surface area contributed by atoms with E-state index in [1.807, 2.05) is 0 Å². The molecule has 1 fully saturated rings. The summed E-state index contributed by atoms with van der Waals surface area (Å²) in [5.74, 6) is 0.684. The van der Waals surface area contributed by atoms with Crippen LogP contribution < -0.4 is 15.1 Å². The minimum absolute atomic E-state index is 0.0395. The van der Waals surface area contributed by atoms with Crippen LogP contribution >= 0.6 is 0 Å². The van der Waals surface area contributed by atoms with Gasteiger partial charge in [-0.25, -0.2) is 9.97 Å². The second-order valence-electron chi connectivity index (χ2n) is 6.66. The van der Waals surface area contributed by atoms with Crippen molar-refractivity contribution in [1.82, 2.24) is 14.9 Å². The zero-order valence-corrected chi connectivity index (χ0v) is 15.6. The van der Waals surface area contributed by atoms with Crippen LogP contribution in [0.2, 0.25) is 0 Å². The Morgan fingerprint density at radius 1 is 1.43 bits per heavy atom. The molecule has 1 aliphatic rings. The van der Waals surface area contributed by atoms with E-state index in [0.29, 0.717) is 18.8 Å². The number of piperidine rings is 1. The molecule has 10 heteroatoms. The molecule has 0 amide bonds. The summed E-state index contributed by atoms with van der Waals surface area (Å²) in [7, 11) is 3.09. The van der Waals surface area contributed by atoms with Gasteiger partial charge in [-0.1, -0.05) is 0 Å². The van der Waals surface area contributed by atoms with E-state index in [4.69, 9.17) is 9.15 Å². The lowest BCUT2D eigenvalue weighted by Gasteiger charge is -2.37. The highest BCUT2D eigenvalue weighted by Gasteiger charge is 2.34. The molecule has 2 aromatic rings. The van der Waals surface area contributed by atoms with Gasteiger partial charge in [-0.3, -0.25) is 9.69 Å². The van der Waals surface area contributed by atoms with Crippen LogP contribution in [0.1, 0.15) is 24.3 Å². The van der Waals surface area contributed by atoms with Gasteiger partial charge < -0.3 is 14.1 Å². The van der Waals surface area contributed by atoms with Gasteiger partial charge in [0.05, 0.1) is 13.7 Å². The Hall–Kier alpha value is -2.62. The number of aromatic nitrogens is 2. The molecule has 1 aliphatic heterocycles. The molecule has 3 rings (SSSR count). The van der Waals surface area contributed by atoms with Crippen molar-refractivity contribution in [2.24, 2.45) is 0 Å². The van der Waals surface area contributed by atoms with Crippen molar-refractivity contribution in [2.45, 2.75) is 31.6 Å². The highest BCUT2D eigenvalue weighted by molar-refractivity contribution is 5.31. The van der Waals surface area contributed by atoms with Crippen molar-refractivity contribution in [3.63, 3.8) is 0 Å². The van der Waals surface area contributed by atoms with Gasteiger partial charge in [0.2, 0.25) is 17.1 Å². The number of methoxy groups -OCH3 is 1. The average Bonchev–Trinajstić information content (AvgIpc) is 2.67. The first kappa shape index (κ1) is 20.1. The average molecular weight is 398 g/mol. The van der Waals surface area contributed by atoms with Crippen molar-refractivity contribution in [3.8, 4) is 5.75 Å². The van der Waals surface area contributed by atoms with Crippen LogP contribution in [0, 0.1) is 0 Å². The fraction of sp³-hybridized carbons (Fsp3) is 0.500. The fourth-order valence-corrected chi connectivity index (χ4v) is 3.22. The summed E-state index contributed by atoms with van der Waals surface area (Å²) in [6.45, 7) is 1.81. The second-order valence-corrected chi connectivity index (χ2v) is 6.66. The van der Waals surface area contributed by atoms with E-state index in [1.165, 1.54) is 19.4 Å². The lowest BCUT2D eigenvalue weighted by atomic mass is 10.0. The summed E-state index contributed by atoms with van der Waals surface area (Å²) < 4.78 is 49.0. The number of hydrogen-bond donors (Lipinski definition) is 0. The zero-order valence-electron chi connectivity index (χ0n) is 15.6. The number of likely N-dealkylation sites (N-methyl/N-ethyl adjacent to an activating group) is 1. The standard InChI is InChI=1S/C18H21F3N4O3/c1-24(17-22-6-5-16(23-17)18(19,20)21)12-4-3-7-25(9-12)10-13-8-14(26)15(27-2)11-28-13/h5-6,8,11-12H,3-4,7,9-10H2,1-2H3. The lowest BCUT2D eigenvalue weighted by molar-refractivity contribution is -0.141. The number of nitrogens with zero attached hydrogens (tertiary/aromatic N) is 4. The predicted octanol–water partition coefficient (Wildman–Crippen LogP) is 2.56. The molecule has 3 heterocycles. The Kier molecular flexibility index (Phi) is 5.87. The zero-order chi connectivity index (χ0) is 20.3. The largest absolute Gasteiger partial charge is 0.490 e. The molecule has 2 aromatic heterocycles. The van der Waals surface area contributed by atoms with Gasteiger partial charge in [-0.2, -0.15) is 13.2 Å². The molecule has 0 bridgehead atoms. The topological polar surface area (TPSA) is 71.7 Å². The van der Waals surface area contributed by atoms with Crippen molar-refractivity contribution < 1.29 is 22.3 Å². The molecule has 152 valence electrons. The van der Waals surface area contributed by atoms with Crippen molar-refractivity contribution in [3.05, 3.63) is 46.3 Å². The van der Waals surface area contributed by atoms with Gasteiger partial charge in [0.25, 0.3) is 0 Å². The van der Waals surface area contributed by atoms with Crippen molar-refractivity contribution >= 4 is 5.95 Å². The molecule has 0 aliphatic carbocycles. The number of hydrogen-bond acceptors (Lipinski definition) is 7. The number of anilines is 1. The SMILES string of the molecule is COc1coc(CN2CCCC(N(C)c3nccc(C(F)(F)F)n3)C2)cc1=O. The quantitative estimate of drug-likeness (QED) is 0.767. The first-order valence-electron chi connectivity index (χ1n) is 8.79. The van der Waals surface area contributed by atoms with Crippen LogP contribution in [0.4, 0.5) is 19.1 Å². The third-order valence-electron chi connectivity index (χ3n) is 4.73. The molecule has 1 unspecified atom stereocenters. The summed E-state index contributed by atoms with van der Waals surface area (Å²) >= 11 is 0. The van der Waals surface area contributed by atoms with E-state index in [-0.39, 0.29) is 23.2 Å². The summed E-state index contributed by atoms with van der Waals surface area (Å²) in [5, 5.41) is 0. The van der Waals surface area contributed by atoms with Gasteiger partial charge in [0.1, 0.15) is 17.7 Å². The van der Waals surface area contributed by atoms with Crippen LogP contribution in [0.5, 0.6) is 5.75 Å². The number of halogens is 3. The maximum atomic E-state index is 12.9. The number of ether oxygens (including phenoxy) is 1. The highest BCUT2D eigenvalue weighted by Crippen LogP contribution is 2.29. The number of likely N-dealkylation sites (tertiary alicyclic amines) is 1. The molecule has 0 radical (unpaired) electrons. The van der Waals surface area contributed by atoms with E-state index in [1.54, 1.807) is 11.9 Å². The molecule has 0 saturated carbocycles. The van der Waals surface area contributed by atoms with Crippen molar-refractivity contribution in [1.29, 1.82) is 0 Å². The molecule has 0 spiro atoms. The summed E-state index contributed by atoms with van der Waals surface area (Å²) in [5.41, 5.74) is -1.22. The van der Waals surface area contributed by atoms with Gasteiger partial charge in [-0.15, -0.1) is 0 Å². The predicted molar refractivity (Wildman–Crippen MR) is 95.3 cm³/mol. The van der Waals surface area contributed by atoms with E-state index < -0.39 is 11.9 Å². The summed E-state index contributed by atoms with van der Waals surface area (Å²) in [6, 6.07) is 2.19. The molecule has 7 nitrogen and oxygen atoms in total. The molecular formula is C18H21F3N4O3. The molecular weight excluding hydrogens is 377 g/mol. The third-order valence-corrected chi connectivity index (χ3v) is 4.73. The number of rotatable bonds is 5. The van der Waals surface area contributed by atoms with Gasteiger partial charge in [0, 0.05) is 31.9 Å². The first-order chi connectivity index (χ1) is 13.3. The highest BCUT2D eigenvalue weighted by atomic mass is 19.4. The minimum Gasteiger partial charge on any atom is -0.490 e. The monoisotopic (exact) mass is 398 g/mol. The van der Waals surface area contributed by atoms with Crippen LogP contribution in [-0.4, -0.2) is 48.2 Å². The minimum atomic E-state index is -4.51. The van der Waals surface area contributed by atoms with E-state index >= 15 is 0 Å². The molecule has 0 N–H and O–H groups in total. The molecule has 28 heavy (non-hydrogen) atoms. The van der Waals surface area contributed by atoms with Crippen LogP contribution in [0.3, 0.4) is 0 Å². The van der Waals surface area contributed by atoms with Crippen molar-refractivity contribution in [2.75, 3.05) is 32.1 Å². The molecule has 1 saturated heterocycles. The Labute approximate surface area is 159 Å². The van der Waals surface area contributed by atoms with E-state index in [2.05, 4.69) is 14.9 Å². The number of alkyl halides is 3. The van der Waals surface area contributed by atoms with Crippen LogP contribution in [0.25, 0.3) is 0 Å². The summed E-state index contributed by atoms with van der Waals surface area (Å²) in [4.78, 5) is 23.3. The Morgan fingerprint density at radius 2 is 2.21 bits per heavy atom. The fourth-order valence-electron chi connectivity index (χ4n) is 3.22. The van der Waals surface area contributed by atoms with Gasteiger partial charge in [0.15, 0.2) is 0 Å². The van der Waals surface area contributed by atoms with E-state index in [9.17, 15) is 18.0 Å². The Bertz CT molecular complexity index is 872. The lowest BCUT2D eigenvalue weighted by Crippen LogP contribution is -2.46. The molecule has 1 atom stereocenters. The van der Waals surface area contributed by atoms with Crippen LogP contribution in [-0.2, 0) is 12.7 Å².